The molecule has 1 aromatic carbocycles. The van der Waals surface area contributed by atoms with Crippen molar-refractivity contribution < 1.29 is 14.3 Å². The molecule has 0 fully saturated rings. The highest BCUT2D eigenvalue weighted by Crippen LogP contribution is 2.28. The molecule has 0 saturated carbocycles. The van der Waals surface area contributed by atoms with Crippen LogP contribution in [0.3, 0.4) is 0 Å². The van der Waals surface area contributed by atoms with Crippen molar-refractivity contribution in [3.05, 3.63) is 77.2 Å². The Labute approximate surface area is 189 Å². The largest absolute Gasteiger partial charge is 0.483 e. The zero-order chi connectivity index (χ0) is 23.3. The van der Waals surface area contributed by atoms with Crippen molar-refractivity contribution in [2.75, 3.05) is 20.7 Å². The van der Waals surface area contributed by atoms with Crippen molar-refractivity contribution in [3.8, 4) is 11.6 Å². The summed E-state index contributed by atoms with van der Waals surface area (Å²) in [4.78, 5) is 31.1. The first-order valence-electron chi connectivity index (χ1n) is 10.7. The monoisotopic (exact) mass is 434 g/mol. The Morgan fingerprint density at radius 2 is 1.84 bits per heavy atom. The Bertz CT molecular complexity index is 1090. The molecule has 32 heavy (non-hydrogen) atoms. The van der Waals surface area contributed by atoms with Crippen molar-refractivity contribution in [1.82, 2.24) is 19.8 Å². The van der Waals surface area contributed by atoms with E-state index in [1.54, 1.807) is 20.3 Å². The lowest BCUT2D eigenvalue weighted by Crippen LogP contribution is -2.30. The van der Waals surface area contributed by atoms with Crippen molar-refractivity contribution >= 4 is 11.8 Å². The third-order valence-corrected chi connectivity index (χ3v) is 5.41. The van der Waals surface area contributed by atoms with Crippen LogP contribution in [0, 0.1) is 13.8 Å². The Hall–Kier alpha value is -3.61. The van der Waals surface area contributed by atoms with Gasteiger partial charge in [-0.15, -0.1) is 0 Å². The summed E-state index contributed by atoms with van der Waals surface area (Å²) in [5, 5.41) is 3.13. The van der Waals surface area contributed by atoms with Gasteiger partial charge in [0.1, 0.15) is 11.6 Å². The molecule has 0 aliphatic heterocycles. The minimum atomic E-state index is -0.258. The molecule has 168 valence electrons. The minimum Gasteiger partial charge on any atom is -0.483 e. The number of carbonyl (C=O) groups is 2. The first kappa shape index (κ1) is 23.1. The van der Waals surface area contributed by atoms with E-state index in [2.05, 4.69) is 10.3 Å². The summed E-state index contributed by atoms with van der Waals surface area (Å²) in [7, 11) is 3.38. The Morgan fingerprint density at radius 1 is 1.12 bits per heavy atom. The molecular formula is C25H30N4O3. The van der Waals surface area contributed by atoms with Crippen LogP contribution in [-0.4, -0.2) is 47.0 Å². The molecule has 7 heteroatoms. The Morgan fingerprint density at radius 3 is 2.50 bits per heavy atom. The first-order valence-corrected chi connectivity index (χ1v) is 10.7. The van der Waals surface area contributed by atoms with Gasteiger partial charge in [0.15, 0.2) is 6.61 Å². The molecular weight excluding hydrogens is 404 g/mol. The van der Waals surface area contributed by atoms with Crippen LogP contribution in [-0.2, 0) is 4.79 Å². The summed E-state index contributed by atoms with van der Waals surface area (Å²) in [5.74, 6) is 1.08. The average Bonchev–Trinajstić information content (AvgIpc) is 3.10. The number of hydrogen-bond donors (Lipinski definition) is 1. The molecule has 0 spiro atoms. The number of aryl methyl sites for hydroxylation is 1. The van der Waals surface area contributed by atoms with E-state index in [4.69, 9.17) is 4.74 Å². The molecule has 0 bridgehead atoms. The smallest absolute Gasteiger partial charge is 0.259 e. The molecule has 2 heterocycles. The van der Waals surface area contributed by atoms with E-state index >= 15 is 0 Å². The Kier molecular flexibility index (Phi) is 7.30. The molecule has 3 aromatic rings. The lowest BCUT2D eigenvalue weighted by Gasteiger charge is -2.21. The van der Waals surface area contributed by atoms with Crippen LogP contribution in [0.4, 0.5) is 0 Å². The van der Waals surface area contributed by atoms with Gasteiger partial charge >= 0.3 is 0 Å². The fraction of sp³-hybridized carbons (Fsp3) is 0.320. The number of ether oxygens (including phenoxy) is 1. The van der Waals surface area contributed by atoms with E-state index < -0.39 is 0 Å². The van der Waals surface area contributed by atoms with Gasteiger partial charge in [-0.3, -0.25) is 9.59 Å². The molecule has 0 radical (unpaired) electrons. The predicted molar refractivity (Wildman–Crippen MR) is 124 cm³/mol. The summed E-state index contributed by atoms with van der Waals surface area (Å²) in [6.07, 6.45) is 2.41. The van der Waals surface area contributed by atoms with Crippen LogP contribution in [0.2, 0.25) is 0 Å². The van der Waals surface area contributed by atoms with Gasteiger partial charge in [0.25, 0.3) is 11.8 Å². The number of rotatable bonds is 8. The number of nitrogens with one attached hydrogen (secondary N) is 1. The molecule has 0 aliphatic carbocycles. The van der Waals surface area contributed by atoms with E-state index in [9.17, 15) is 9.59 Å². The highest BCUT2D eigenvalue weighted by atomic mass is 16.5. The number of aromatic nitrogens is 2. The number of amides is 2. The van der Waals surface area contributed by atoms with E-state index in [1.165, 1.54) is 4.90 Å². The first-order chi connectivity index (χ1) is 15.3. The van der Waals surface area contributed by atoms with Crippen molar-refractivity contribution in [1.29, 1.82) is 0 Å². The van der Waals surface area contributed by atoms with Gasteiger partial charge in [-0.1, -0.05) is 31.2 Å². The maximum atomic E-state index is 13.2. The second-order valence-electron chi connectivity index (χ2n) is 7.86. The summed E-state index contributed by atoms with van der Waals surface area (Å²) < 4.78 is 7.75. The molecule has 2 amide bonds. The van der Waals surface area contributed by atoms with Gasteiger partial charge in [0, 0.05) is 37.2 Å². The van der Waals surface area contributed by atoms with Crippen molar-refractivity contribution in [3.63, 3.8) is 0 Å². The molecule has 1 unspecified atom stereocenters. The number of hydrogen-bond acceptors (Lipinski definition) is 4. The molecule has 0 aliphatic rings. The highest BCUT2D eigenvalue weighted by Gasteiger charge is 2.22. The quantitative estimate of drug-likeness (QED) is 0.585. The second-order valence-corrected chi connectivity index (χ2v) is 7.86. The molecule has 0 saturated heterocycles. The summed E-state index contributed by atoms with van der Waals surface area (Å²) in [5.41, 5.74) is 3.21. The fourth-order valence-corrected chi connectivity index (χ4v) is 3.64. The molecule has 1 atom stereocenters. The highest BCUT2D eigenvalue weighted by molar-refractivity contribution is 5.96. The zero-order valence-electron chi connectivity index (χ0n) is 19.3. The Balaban J connectivity index is 1.83. The van der Waals surface area contributed by atoms with Gasteiger partial charge in [-0.05, 0) is 44.5 Å². The van der Waals surface area contributed by atoms with Gasteiger partial charge in [0.2, 0.25) is 0 Å². The topological polar surface area (TPSA) is 76.5 Å². The SMILES string of the molecule is CCC(NC(=O)c1cc(C)n(-c2ccccn2)c1C)c1ccccc1OCC(=O)N(C)C. The molecule has 2 aromatic heterocycles. The lowest BCUT2D eigenvalue weighted by molar-refractivity contribution is -0.130. The summed E-state index contributed by atoms with van der Waals surface area (Å²) in [6.45, 7) is 5.83. The zero-order valence-corrected chi connectivity index (χ0v) is 19.3. The number of nitrogens with zero attached hydrogens (tertiary/aromatic N) is 3. The summed E-state index contributed by atoms with van der Waals surface area (Å²) >= 11 is 0. The number of likely N-dealkylation sites (N-methyl/N-ethyl adjacent to an activating group) is 1. The van der Waals surface area contributed by atoms with Gasteiger partial charge in [0.05, 0.1) is 11.6 Å². The minimum absolute atomic E-state index is 0.0559. The van der Waals surface area contributed by atoms with E-state index in [1.807, 2.05) is 73.9 Å². The van der Waals surface area contributed by atoms with Crippen LogP contribution >= 0.6 is 0 Å². The molecule has 3 rings (SSSR count). The van der Waals surface area contributed by atoms with E-state index in [0.29, 0.717) is 17.7 Å². The van der Waals surface area contributed by atoms with Gasteiger partial charge in [-0.2, -0.15) is 0 Å². The number of pyridine rings is 1. The second kappa shape index (κ2) is 10.1. The van der Waals surface area contributed by atoms with Gasteiger partial charge in [-0.25, -0.2) is 4.98 Å². The summed E-state index contributed by atoms with van der Waals surface area (Å²) in [6, 6.07) is 14.8. The maximum Gasteiger partial charge on any atom is 0.259 e. The third kappa shape index (κ3) is 4.99. The normalized spacial score (nSPS) is 11.7. The number of benzene rings is 1. The van der Waals surface area contributed by atoms with E-state index in [0.717, 1.165) is 22.8 Å². The average molecular weight is 435 g/mol. The number of carbonyl (C=O) groups excluding carboxylic acids is 2. The van der Waals surface area contributed by atoms with E-state index in [-0.39, 0.29) is 24.5 Å². The van der Waals surface area contributed by atoms with Crippen LogP contribution < -0.4 is 10.1 Å². The van der Waals surface area contributed by atoms with Crippen molar-refractivity contribution in [2.45, 2.75) is 33.2 Å². The van der Waals surface area contributed by atoms with Crippen LogP contribution in [0.25, 0.3) is 5.82 Å². The van der Waals surface area contributed by atoms with Crippen LogP contribution in [0.1, 0.15) is 46.7 Å². The number of para-hydroxylation sites is 1. The van der Waals surface area contributed by atoms with Crippen LogP contribution in [0.5, 0.6) is 5.75 Å². The maximum absolute atomic E-state index is 13.2. The standard InChI is InChI=1S/C25H30N4O3/c1-6-21(19-11-7-8-12-22(19)32-16-24(30)28(4)5)27-25(31)20-15-17(2)29(18(20)3)23-13-9-10-14-26-23/h7-15,21H,6,16H2,1-5H3,(H,27,31). The molecule has 7 nitrogen and oxygen atoms in total. The molecule has 1 N–H and O–H groups in total. The van der Waals surface area contributed by atoms with Crippen LogP contribution in [0.15, 0.2) is 54.7 Å². The third-order valence-electron chi connectivity index (χ3n) is 5.41. The fourth-order valence-electron chi connectivity index (χ4n) is 3.64. The lowest BCUT2D eigenvalue weighted by atomic mass is 10.0. The van der Waals surface area contributed by atoms with Gasteiger partial charge < -0.3 is 19.5 Å². The van der Waals surface area contributed by atoms with Crippen molar-refractivity contribution in [2.24, 2.45) is 0 Å². The predicted octanol–water partition coefficient (Wildman–Crippen LogP) is 3.84.